The van der Waals surface area contributed by atoms with E-state index in [2.05, 4.69) is 64.3 Å². The van der Waals surface area contributed by atoms with Crippen molar-refractivity contribution in [2.24, 2.45) is 0 Å². The maximum Gasteiger partial charge on any atom is 0.0901 e. The predicted molar refractivity (Wildman–Crippen MR) is 115 cm³/mol. The van der Waals surface area contributed by atoms with Gasteiger partial charge in [-0.1, -0.05) is 19.3 Å². The molecule has 24 heavy (non-hydrogen) atoms. The Hall–Kier alpha value is -0.0100. The number of fused-ring (bicyclic) bond motifs is 5. The van der Waals surface area contributed by atoms with E-state index in [-0.39, 0.29) is 0 Å². The molecule has 2 nitrogen and oxygen atoms in total. The quantitative estimate of drug-likeness (QED) is 0.429. The third kappa shape index (κ3) is 4.21. The van der Waals surface area contributed by atoms with Crippen LogP contribution in [0.2, 0.25) is 0 Å². The molecule has 4 rings (SSSR count). The van der Waals surface area contributed by atoms with Crippen molar-refractivity contribution in [3.63, 3.8) is 0 Å². The number of nitrogens with zero attached hydrogens (tertiary/aromatic N) is 2. The van der Waals surface area contributed by atoms with Crippen molar-refractivity contribution in [1.82, 2.24) is 9.97 Å². The summed E-state index contributed by atoms with van der Waals surface area (Å²) >= 11 is 6.62. The van der Waals surface area contributed by atoms with Crippen molar-refractivity contribution in [2.75, 3.05) is 0 Å². The van der Waals surface area contributed by atoms with Crippen molar-refractivity contribution in [3.8, 4) is 0 Å². The number of hydrogen-bond acceptors (Lipinski definition) is 4. The smallest absolute Gasteiger partial charge is 0.0901 e. The average molecular weight is 470 g/mol. The third-order valence-corrected chi connectivity index (χ3v) is 8.49. The van der Waals surface area contributed by atoms with Gasteiger partial charge < -0.3 is 0 Å². The van der Waals surface area contributed by atoms with Crippen LogP contribution in [0.15, 0.2) is 18.2 Å². The zero-order valence-corrected chi connectivity index (χ0v) is 17.6. The largest absolute Gasteiger partial charge is 0.248 e. The van der Waals surface area contributed by atoms with E-state index >= 15 is 0 Å². The molecule has 1 aromatic carbocycles. The lowest BCUT2D eigenvalue weighted by molar-refractivity contribution is 0.632. The number of thioether (sulfide) groups is 2. The van der Waals surface area contributed by atoms with Crippen molar-refractivity contribution in [3.05, 3.63) is 33.2 Å². The van der Waals surface area contributed by atoms with Gasteiger partial charge in [-0.05, 0) is 66.5 Å². The molecule has 1 aromatic heterocycles. The Bertz CT molecular complexity index is 722. The lowest BCUT2D eigenvalue weighted by atomic mass is 10.1. The lowest BCUT2D eigenvalue weighted by Gasteiger charge is -2.22. The molecule has 1 aliphatic heterocycles. The normalized spacial score (nSPS) is 25.5. The summed E-state index contributed by atoms with van der Waals surface area (Å²) in [4.78, 5) is 10.0. The monoisotopic (exact) mass is 470 g/mol. The highest BCUT2D eigenvalue weighted by Crippen LogP contribution is 2.36. The van der Waals surface area contributed by atoms with E-state index in [0.29, 0.717) is 0 Å². The maximum absolute atomic E-state index is 5.01. The van der Waals surface area contributed by atoms with Crippen molar-refractivity contribution < 1.29 is 0 Å². The first-order chi connectivity index (χ1) is 11.8. The van der Waals surface area contributed by atoms with Gasteiger partial charge in [-0.2, -0.15) is 23.5 Å². The van der Waals surface area contributed by atoms with E-state index in [4.69, 9.17) is 9.97 Å². The van der Waals surface area contributed by atoms with Crippen molar-refractivity contribution in [2.45, 2.75) is 67.0 Å². The Morgan fingerprint density at radius 2 is 1.42 bits per heavy atom. The number of rotatable bonds is 0. The van der Waals surface area contributed by atoms with Crippen molar-refractivity contribution >= 4 is 57.1 Å². The molecule has 2 unspecified atom stereocenters. The van der Waals surface area contributed by atoms with Gasteiger partial charge in [0.2, 0.25) is 0 Å². The van der Waals surface area contributed by atoms with E-state index in [0.717, 1.165) is 33.0 Å². The van der Waals surface area contributed by atoms with Crippen LogP contribution < -0.4 is 0 Å². The second-order valence-corrected chi connectivity index (χ2v) is 10.7. The van der Waals surface area contributed by atoms with Crippen LogP contribution in [0.5, 0.6) is 0 Å². The molecule has 2 bridgehead atoms. The Labute approximate surface area is 166 Å². The molecule has 0 amide bonds. The summed E-state index contributed by atoms with van der Waals surface area (Å²) in [5.41, 5.74) is 4.56. The molecule has 2 aliphatic rings. The SMILES string of the molecule is Ic1ccc2nc3c(nc2c1)CSC1CCCCCC(CC1)SC3. The van der Waals surface area contributed by atoms with Gasteiger partial charge in [0.15, 0.2) is 0 Å². The molecule has 0 spiro atoms. The molecule has 0 radical (unpaired) electrons. The molecule has 5 heteroatoms. The van der Waals surface area contributed by atoms with Gasteiger partial charge in [0, 0.05) is 25.6 Å². The minimum Gasteiger partial charge on any atom is -0.248 e. The standard InChI is InChI=1S/C19H23IN2S2/c20-13-6-9-16-17(10-13)22-19-12-24-15-5-3-1-2-4-14(7-8-15)23-11-18(19)21-16/h6,9-10,14-15H,1-5,7-8,11-12H2. The fraction of sp³-hybridized carbons (Fsp3) is 0.579. The summed E-state index contributed by atoms with van der Waals surface area (Å²) in [7, 11) is 0. The topological polar surface area (TPSA) is 25.8 Å². The highest BCUT2D eigenvalue weighted by Gasteiger charge is 2.21. The molecule has 128 valence electrons. The summed E-state index contributed by atoms with van der Waals surface area (Å²) in [5.74, 6) is 2.06. The van der Waals surface area contributed by atoms with E-state index in [1.807, 2.05) is 0 Å². The summed E-state index contributed by atoms with van der Waals surface area (Å²) in [6.45, 7) is 0. The van der Waals surface area contributed by atoms with E-state index in [9.17, 15) is 0 Å². The molecule has 2 atom stereocenters. The molecule has 1 saturated carbocycles. The van der Waals surface area contributed by atoms with Gasteiger partial charge in [0.1, 0.15) is 0 Å². The van der Waals surface area contributed by atoms with Crippen LogP contribution in [0.3, 0.4) is 0 Å². The van der Waals surface area contributed by atoms with E-state index < -0.39 is 0 Å². The molecule has 1 fully saturated rings. The van der Waals surface area contributed by atoms with Crippen LogP contribution in [-0.2, 0) is 11.5 Å². The van der Waals surface area contributed by atoms with Gasteiger partial charge >= 0.3 is 0 Å². The molecule has 0 saturated heterocycles. The van der Waals surface area contributed by atoms with Crippen LogP contribution in [-0.4, -0.2) is 20.5 Å². The van der Waals surface area contributed by atoms with Crippen LogP contribution >= 0.6 is 46.1 Å². The second-order valence-electron chi connectivity index (χ2n) is 6.83. The van der Waals surface area contributed by atoms with Gasteiger partial charge in [0.25, 0.3) is 0 Å². The predicted octanol–water partition coefficient (Wildman–Crippen LogP) is 6.20. The van der Waals surface area contributed by atoms with Crippen LogP contribution in [0.25, 0.3) is 11.0 Å². The third-order valence-electron chi connectivity index (χ3n) is 5.06. The number of hydrogen-bond donors (Lipinski definition) is 0. The number of halogens is 1. The van der Waals surface area contributed by atoms with Gasteiger partial charge in [0.05, 0.1) is 22.4 Å². The average Bonchev–Trinajstić information content (AvgIpc) is 2.70. The Morgan fingerprint density at radius 3 is 2.08 bits per heavy atom. The van der Waals surface area contributed by atoms with Crippen LogP contribution in [0.4, 0.5) is 0 Å². The Balaban J connectivity index is 1.68. The zero-order chi connectivity index (χ0) is 16.4. The highest BCUT2D eigenvalue weighted by molar-refractivity contribution is 14.1. The number of aromatic nitrogens is 2. The minimum atomic E-state index is 0.811. The maximum atomic E-state index is 5.01. The molecular weight excluding hydrogens is 447 g/mol. The summed E-state index contributed by atoms with van der Waals surface area (Å²) < 4.78 is 1.24. The Morgan fingerprint density at radius 1 is 0.792 bits per heavy atom. The highest BCUT2D eigenvalue weighted by atomic mass is 127. The minimum absolute atomic E-state index is 0.811. The van der Waals surface area contributed by atoms with Crippen LogP contribution in [0, 0.1) is 3.57 Å². The summed E-state index contributed by atoms with van der Waals surface area (Å²) in [6, 6.07) is 6.41. The summed E-state index contributed by atoms with van der Waals surface area (Å²) in [5, 5.41) is 1.62. The van der Waals surface area contributed by atoms with Gasteiger partial charge in [-0.3, -0.25) is 0 Å². The van der Waals surface area contributed by atoms with E-state index in [1.54, 1.807) is 0 Å². The summed E-state index contributed by atoms with van der Waals surface area (Å²) in [6.07, 6.45) is 9.77. The van der Waals surface area contributed by atoms with E-state index in [1.165, 1.54) is 59.9 Å². The van der Waals surface area contributed by atoms with Gasteiger partial charge in [-0.25, -0.2) is 9.97 Å². The second kappa shape index (κ2) is 8.12. The first kappa shape index (κ1) is 17.4. The van der Waals surface area contributed by atoms with Gasteiger partial charge in [-0.15, -0.1) is 0 Å². The molecule has 0 N–H and O–H groups in total. The zero-order valence-electron chi connectivity index (χ0n) is 13.8. The first-order valence-corrected chi connectivity index (χ1v) is 12.1. The fourth-order valence-corrected chi connectivity index (χ4v) is 6.64. The lowest BCUT2D eigenvalue weighted by Crippen LogP contribution is -2.12. The molecule has 1 aliphatic carbocycles. The van der Waals surface area contributed by atoms with Crippen molar-refractivity contribution in [1.29, 1.82) is 0 Å². The fourth-order valence-electron chi connectivity index (χ4n) is 3.64. The molecule has 2 aromatic rings. The number of benzene rings is 1. The molecular formula is C19H23IN2S2. The Kier molecular flexibility index (Phi) is 5.89. The molecule has 2 heterocycles. The first-order valence-electron chi connectivity index (χ1n) is 8.96. The van der Waals surface area contributed by atoms with Crippen LogP contribution in [0.1, 0.15) is 56.3 Å².